The van der Waals surface area contributed by atoms with E-state index in [0.717, 1.165) is 0 Å². The molecule has 0 spiro atoms. The van der Waals surface area contributed by atoms with Gasteiger partial charge in [0.15, 0.2) is 0 Å². The summed E-state index contributed by atoms with van der Waals surface area (Å²) in [6, 6.07) is 7.73. The van der Waals surface area contributed by atoms with Gasteiger partial charge in [-0.15, -0.1) is 0 Å². The van der Waals surface area contributed by atoms with Crippen molar-refractivity contribution in [3.63, 3.8) is 0 Å². The van der Waals surface area contributed by atoms with Gasteiger partial charge in [0, 0.05) is 6.20 Å². The van der Waals surface area contributed by atoms with E-state index < -0.39 is 11.9 Å². The molecule has 0 saturated heterocycles. The average molecular weight is 258 g/mol. The number of nitrogens with one attached hydrogen (secondary N) is 1. The largest absolute Gasteiger partial charge is 0.478 e. The van der Waals surface area contributed by atoms with Crippen LogP contribution >= 0.6 is 0 Å². The number of carboxylic acid groups (broad SMARTS) is 2. The summed E-state index contributed by atoms with van der Waals surface area (Å²) in [6.45, 7) is 0. The highest BCUT2D eigenvalue weighted by molar-refractivity contribution is 5.95. The van der Waals surface area contributed by atoms with Crippen LogP contribution in [0.25, 0.3) is 0 Å². The maximum absolute atomic E-state index is 11.0. The van der Waals surface area contributed by atoms with Crippen LogP contribution in [-0.2, 0) is 0 Å². The van der Waals surface area contributed by atoms with Gasteiger partial charge in [-0.1, -0.05) is 12.1 Å². The van der Waals surface area contributed by atoms with E-state index >= 15 is 0 Å². The summed E-state index contributed by atoms with van der Waals surface area (Å²) in [4.78, 5) is 25.6. The first-order valence-electron chi connectivity index (χ1n) is 5.35. The van der Waals surface area contributed by atoms with Crippen LogP contribution in [0.5, 0.6) is 0 Å². The zero-order chi connectivity index (χ0) is 13.8. The van der Waals surface area contributed by atoms with Crippen molar-refractivity contribution >= 4 is 23.3 Å². The van der Waals surface area contributed by atoms with Crippen LogP contribution in [-0.4, -0.2) is 27.1 Å². The number of pyridine rings is 1. The third-order valence-electron chi connectivity index (χ3n) is 2.42. The van der Waals surface area contributed by atoms with Crippen molar-refractivity contribution in [2.24, 2.45) is 0 Å². The van der Waals surface area contributed by atoms with Crippen LogP contribution in [0.4, 0.5) is 11.4 Å². The number of aromatic carboxylic acids is 2. The highest BCUT2D eigenvalue weighted by Crippen LogP contribution is 2.20. The second-order valence-corrected chi connectivity index (χ2v) is 3.74. The topological polar surface area (TPSA) is 99.5 Å². The molecule has 2 rings (SSSR count). The molecule has 2 aromatic rings. The van der Waals surface area contributed by atoms with E-state index in [9.17, 15) is 9.59 Å². The Balaban J connectivity index is 2.34. The van der Waals surface area contributed by atoms with Crippen molar-refractivity contribution in [3.05, 3.63) is 53.9 Å². The van der Waals surface area contributed by atoms with Crippen molar-refractivity contribution in [1.82, 2.24) is 4.98 Å². The SMILES string of the molecule is O=C(O)c1cncc(Nc2ccccc2C(=O)O)c1. The van der Waals surface area contributed by atoms with Crippen LogP contribution < -0.4 is 5.32 Å². The molecule has 0 fully saturated rings. The maximum atomic E-state index is 11.0. The number of carboxylic acids is 2. The van der Waals surface area contributed by atoms with E-state index in [4.69, 9.17) is 10.2 Å². The van der Waals surface area contributed by atoms with Gasteiger partial charge >= 0.3 is 11.9 Å². The normalized spacial score (nSPS) is 9.89. The fourth-order valence-corrected chi connectivity index (χ4v) is 1.56. The molecule has 1 aromatic carbocycles. The van der Waals surface area contributed by atoms with Crippen LogP contribution in [0.3, 0.4) is 0 Å². The Morgan fingerprint density at radius 3 is 2.47 bits per heavy atom. The number of para-hydroxylation sites is 1. The highest BCUT2D eigenvalue weighted by atomic mass is 16.4. The Hall–Kier alpha value is -2.89. The molecular formula is C13H10N2O4. The number of hydrogen-bond acceptors (Lipinski definition) is 4. The van der Waals surface area contributed by atoms with E-state index in [1.165, 1.54) is 24.5 Å². The highest BCUT2D eigenvalue weighted by Gasteiger charge is 2.10. The number of hydrogen-bond donors (Lipinski definition) is 3. The molecule has 3 N–H and O–H groups in total. The van der Waals surface area contributed by atoms with E-state index in [2.05, 4.69) is 10.3 Å². The molecule has 0 bridgehead atoms. The van der Waals surface area contributed by atoms with Crippen LogP contribution in [0, 0.1) is 0 Å². The summed E-state index contributed by atoms with van der Waals surface area (Å²) in [6.07, 6.45) is 2.64. The third-order valence-corrected chi connectivity index (χ3v) is 2.42. The summed E-state index contributed by atoms with van der Waals surface area (Å²) in [5.74, 6) is -2.16. The van der Waals surface area contributed by atoms with Crippen molar-refractivity contribution in [1.29, 1.82) is 0 Å². The second-order valence-electron chi connectivity index (χ2n) is 3.74. The average Bonchev–Trinajstić information content (AvgIpc) is 2.39. The van der Waals surface area contributed by atoms with Gasteiger partial charge in [0.1, 0.15) is 0 Å². The Morgan fingerprint density at radius 2 is 1.79 bits per heavy atom. The maximum Gasteiger partial charge on any atom is 0.337 e. The van der Waals surface area contributed by atoms with Gasteiger partial charge in [-0.25, -0.2) is 9.59 Å². The molecule has 0 unspecified atom stereocenters. The Kier molecular flexibility index (Phi) is 3.42. The lowest BCUT2D eigenvalue weighted by Gasteiger charge is -2.09. The van der Waals surface area contributed by atoms with Gasteiger partial charge in [-0.3, -0.25) is 4.98 Å². The van der Waals surface area contributed by atoms with Gasteiger partial charge in [-0.2, -0.15) is 0 Å². The van der Waals surface area contributed by atoms with Gasteiger partial charge in [-0.05, 0) is 18.2 Å². The van der Waals surface area contributed by atoms with E-state index in [1.54, 1.807) is 18.2 Å². The smallest absolute Gasteiger partial charge is 0.337 e. The molecule has 1 heterocycles. The zero-order valence-electron chi connectivity index (χ0n) is 9.70. The fraction of sp³-hybridized carbons (Fsp3) is 0. The third kappa shape index (κ3) is 2.86. The summed E-state index contributed by atoms with van der Waals surface area (Å²) in [7, 11) is 0. The van der Waals surface area contributed by atoms with Gasteiger partial charge in [0.2, 0.25) is 0 Å². The summed E-state index contributed by atoms with van der Waals surface area (Å²) >= 11 is 0. The molecule has 0 aliphatic rings. The van der Waals surface area contributed by atoms with Crippen molar-refractivity contribution in [2.75, 3.05) is 5.32 Å². The van der Waals surface area contributed by atoms with Gasteiger partial charge < -0.3 is 15.5 Å². The first kappa shape index (κ1) is 12.6. The molecule has 0 aliphatic heterocycles. The summed E-state index contributed by atoms with van der Waals surface area (Å²) in [5, 5.41) is 20.7. The molecule has 0 saturated carbocycles. The van der Waals surface area contributed by atoms with Crippen molar-refractivity contribution in [2.45, 2.75) is 0 Å². The number of benzene rings is 1. The number of carbonyl (C=O) groups is 2. The minimum absolute atomic E-state index is 0.0257. The van der Waals surface area contributed by atoms with Crippen molar-refractivity contribution < 1.29 is 19.8 Å². The standard InChI is InChI=1S/C13H10N2O4/c16-12(17)8-5-9(7-14-6-8)15-11-4-2-1-3-10(11)13(18)19/h1-7,15H,(H,16,17)(H,18,19). The minimum Gasteiger partial charge on any atom is -0.478 e. The van der Waals surface area contributed by atoms with E-state index in [1.807, 2.05) is 0 Å². The molecule has 6 heteroatoms. The van der Waals surface area contributed by atoms with Gasteiger partial charge in [0.25, 0.3) is 0 Å². The quantitative estimate of drug-likeness (QED) is 0.777. The molecule has 0 amide bonds. The Labute approximate surface area is 108 Å². The summed E-state index contributed by atoms with van der Waals surface area (Å²) in [5.41, 5.74) is 0.911. The minimum atomic E-state index is -1.09. The second kappa shape index (κ2) is 5.18. The Morgan fingerprint density at radius 1 is 1.05 bits per heavy atom. The predicted molar refractivity (Wildman–Crippen MR) is 67.9 cm³/mol. The van der Waals surface area contributed by atoms with Gasteiger partial charge in [0.05, 0.1) is 28.7 Å². The first-order valence-corrected chi connectivity index (χ1v) is 5.35. The molecule has 0 atom stereocenters. The molecule has 19 heavy (non-hydrogen) atoms. The number of aromatic nitrogens is 1. The van der Waals surface area contributed by atoms with Crippen LogP contribution in [0.1, 0.15) is 20.7 Å². The monoisotopic (exact) mass is 258 g/mol. The lowest BCUT2D eigenvalue weighted by molar-refractivity contribution is 0.0686. The van der Waals surface area contributed by atoms with Crippen molar-refractivity contribution in [3.8, 4) is 0 Å². The molecular weight excluding hydrogens is 248 g/mol. The number of rotatable bonds is 4. The number of anilines is 2. The van der Waals surface area contributed by atoms with E-state index in [-0.39, 0.29) is 11.1 Å². The molecule has 6 nitrogen and oxygen atoms in total. The fourth-order valence-electron chi connectivity index (χ4n) is 1.56. The molecule has 0 radical (unpaired) electrons. The number of nitrogens with zero attached hydrogens (tertiary/aromatic N) is 1. The first-order chi connectivity index (χ1) is 9.08. The predicted octanol–water partition coefficient (Wildman–Crippen LogP) is 2.22. The Bertz CT molecular complexity index is 640. The summed E-state index contributed by atoms with van der Waals surface area (Å²) < 4.78 is 0. The van der Waals surface area contributed by atoms with E-state index in [0.29, 0.717) is 11.4 Å². The molecule has 1 aromatic heterocycles. The molecule has 0 aliphatic carbocycles. The lowest BCUT2D eigenvalue weighted by atomic mass is 10.1. The van der Waals surface area contributed by atoms with Crippen LogP contribution in [0.2, 0.25) is 0 Å². The lowest BCUT2D eigenvalue weighted by Crippen LogP contribution is -2.04. The van der Waals surface area contributed by atoms with Crippen LogP contribution in [0.15, 0.2) is 42.7 Å². The zero-order valence-corrected chi connectivity index (χ0v) is 9.70. The molecule has 96 valence electrons.